The van der Waals surface area contributed by atoms with Gasteiger partial charge in [0.1, 0.15) is 5.82 Å². The van der Waals surface area contributed by atoms with E-state index in [1.807, 2.05) is 13.2 Å². The predicted octanol–water partition coefficient (Wildman–Crippen LogP) is 1.75. The molecule has 0 bridgehead atoms. The molecule has 0 unspecified atom stereocenters. The zero-order valence-corrected chi connectivity index (χ0v) is 8.94. The van der Waals surface area contributed by atoms with Crippen molar-refractivity contribution in [3.8, 4) is 0 Å². The van der Waals surface area contributed by atoms with E-state index in [4.69, 9.17) is 5.73 Å². The molecular weight excluding hydrogens is 207 g/mol. The molecule has 1 heterocycles. The van der Waals surface area contributed by atoms with Crippen LogP contribution < -0.4 is 11.1 Å². The molecule has 1 aromatic carbocycles. The first-order valence-corrected chi connectivity index (χ1v) is 4.91. The van der Waals surface area contributed by atoms with Gasteiger partial charge in [-0.15, -0.1) is 0 Å². The second-order valence-electron chi connectivity index (χ2n) is 3.61. The van der Waals surface area contributed by atoms with Crippen LogP contribution in [0.15, 0.2) is 30.6 Å². The van der Waals surface area contributed by atoms with Gasteiger partial charge < -0.3 is 11.1 Å². The number of aromatic nitrogens is 2. The molecule has 16 heavy (non-hydrogen) atoms. The Hall–Kier alpha value is -2.04. The lowest BCUT2D eigenvalue weighted by atomic mass is 10.2. The number of halogens is 1. The maximum atomic E-state index is 13.1. The average Bonchev–Trinajstić information content (AvgIpc) is 2.66. The van der Waals surface area contributed by atoms with Gasteiger partial charge in [0.05, 0.1) is 17.6 Å². The average molecular weight is 220 g/mol. The molecule has 2 rings (SSSR count). The van der Waals surface area contributed by atoms with Crippen LogP contribution in [0, 0.1) is 5.82 Å². The number of anilines is 2. The smallest absolute Gasteiger partial charge is 0.146 e. The molecule has 0 saturated heterocycles. The van der Waals surface area contributed by atoms with Crippen molar-refractivity contribution in [2.75, 3.05) is 11.1 Å². The highest BCUT2D eigenvalue weighted by atomic mass is 19.1. The normalized spacial score (nSPS) is 10.4. The maximum Gasteiger partial charge on any atom is 0.146 e. The minimum atomic E-state index is -0.384. The molecule has 84 valence electrons. The van der Waals surface area contributed by atoms with E-state index in [0.29, 0.717) is 6.54 Å². The van der Waals surface area contributed by atoms with Crippen LogP contribution in [0.1, 0.15) is 5.56 Å². The molecule has 0 amide bonds. The SMILES string of the molecule is Cn1cc(NCc2ccc(N)c(F)c2)cn1. The van der Waals surface area contributed by atoms with Crippen molar-refractivity contribution in [1.82, 2.24) is 9.78 Å². The van der Waals surface area contributed by atoms with Gasteiger partial charge in [0.15, 0.2) is 0 Å². The summed E-state index contributed by atoms with van der Waals surface area (Å²) in [6, 6.07) is 4.79. The Labute approximate surface area is 92.9 Å². The lowest BCUT2D eigenvalue weighted by Gasteiger charge is -2.04. The lowest BCUT2D eigenvalue weighted by Crippen LogP contribution is -2.00. The number of hydrogen-bond acceptors (Lipinski definition) is 3. The highest BCUT2D eigenvalue weighted by Gasteiger charge is 2.00. The lowest BCUT2D eigenvalue weighted by molar-refractivity contribution is 0.630. The number of nitrogens with one attached hydrogen (secondary N) is 1. The molecular formula is C11H13FN4. The molecule has 0 radical (unpaired) electrons. The second kappa shape index (κ2) is 4.22. The fourth-order valence-electron chi connectivity index (χ4n) is 1.40. The van der Waals surface area contributed by atoms with Crippen LogP contribution in [0.5, 0.6) is 0 Å². The fourth-order valence-corrected chi connectivity index (χ4v) is 1.40. The van der Waals surface area contributed by atoms with Gasteiger partial charge in [0.2, 0.25) is 0 Å². The van der Waals surface area contributed by atoms with Gasteiger partial charge in [-0.1, -0.05) is 6.07 Å². The third-order valence-corrected chi connectivity index (χ3v) is 2.27. The molecule has 0 aliphatic heterocycles. The number of nitrogen functional groups attached to an aromatic ring is 1. The number of hydrogen-bond donors (Lipinski definition) is 2. The van der Waals surface area contributed by atoms with Crippen molar-refractivity contribution < 1.29 is 4.39 Å². The van der Waals surface area contributed by atoms with Crippen LogP contribution in [0.2, 0.25) is 0 Å². The molecule has 4 nitrogen and oxygen atoms in total. The number of rotatable bonds is 3. The van der Waals surface area contributed by atoms with E-state index in [-0.39, 0.29) is 11.5 Å². The third-order valence-electron chi connectivity index (χ3n) is 2.27. The molecule has 5 heteroatoms. The highest BCUT2D eigenvalue weighted by Crippen LogP contribution is 2.13. The van der Waals surface area contributed by atoms with Crippen LogP contribution in [0.3, 0.4) is 0 Å². The third kappa shape index (κ3) is 2.31. The van der Waals surface area contributed by atoms with E-state index in [1.165, 1.54) is 6.07 Å². The first-order chi connectivity index (χ1) is 7.65. The summed E-state index contributed by atoms with van der Waals surface area (Å²) >= 11 is 0. The van der Waals surface area contributed by atoms with E-state index in [2.05, 4.69) is 10.4 Å². The standard InChI is InChI=1S/C11H13FN4/c1-16-7-9(6-15-16)14-5-8-2-3-11(13)10(12)4-8/h2-4,6-7,14H,5,13H2,1H3. The van der Waals surface area contributed by atoms with Crippen LogP contribution >= 0.6 is 0 Å². The van der Waals surface area contributed by atoms with Crippen molar-refractivity contribution >= 4 is 11.4 Å². The first kappa shape index (κ1) is 10.5. The first-order valence-electron chi connectivity index (χ1n) is 4.91. The summed E-state index contributed by atoms with van der Waals surface area (Å²) in [5.74, 6) is -0.384. The summed E-state index contributed by atoms with van der Waals surface area (Å²) in [5.41, 5.74) is 7.31. The molecule has 0 saturated carbocycles. The summed E-state index contributed by atoms with van der Waals surface area (Å²) < 4.78 is 14.8. The van der Waals surface area contributed by atoms with E-state index < -0.39 is 0 Å². The zero-order valence-electron chi connectivity index (χ0n) is 8.94. The van der Waals surface area contributed by atoms with Crippen molar-refractivity contribution in [2.24, 2.45) is 7.05 Å². The van der Waals surface area contributed by atoms with Gasteiger partial charge in [-0.2, -0.15) is 5.10 Å². The van der Waals surface area contributed by atoms with Crippen LogP contribution in [0.4, 0.5) is 15.8 Å². The number of nitrogens with two attached hydrogens (primary N) is 1. The van der Waals surface area contributed by atoms with Crippen LogP contribution in [0.25, 0.3) is 0 Å². The Balaban J connectivity index is 2.02. The van der Waals surface area contributed by atoms with Gasteiger partial charge in [-0.05, 0) is 17.7 Å². The Morgan fingerprint density at radius 2 is 2.31 bits per heavy atom. The topological polar surface area (TPSA) is 55.9 Å². The van der Waals surface area contributed by atoms with Gasteiger partial charge in [-0.25, -0.2) is 4.39 Å². The molecule has 0 aliphatic carbocycles. The Morgan fingerprint density at radius 3 is 2.94 bits per heavy atom. The number of nitrogens with zero attached hydrogens (tertiary/aromatic N) is 2. The molecule has 3 N–H and O–H groups in total. The van der Waals surface area contributed by atoms with Crippen LogP contribution in [-0.2, 0) is 13.6 Å². The van der Waals surface area contributed by atoms with Gasteiger partial charge in [0, 0.05) is 19.8 Å². The van der Waals surface area contributed by atoms with Gasteiger partial charge >= 0.3 is 0 Å². The summed E-state index contributed by atoms with van der Waals surface area (Å²) in [4.78, 5) is 0. The predicted molar refractivity (Wildman–Crippen MR) is 61.3 cm³/mol. The number of benzene rings is 1. The summed E-state index contributed by atoms with van der Waals surface area (Å²) in [7, 11) is 1.84. The Morgan fingerprint density at radius 1 is 1.50 bits per heavy atom. The van der Waals surface area contributed by atoms with E-state index in [1.54, 1.807) is 23.0 Å². The fraction of sp³-hybridized carbons (Fsp3) is 0.182. The van der Waals surface area contributed by atoms with E-state index in [9.17, 15) is 4.39 Å². The highest BCUT2D eigenvalue weighted by molar-refractivity contribution is 5.43. The Kier molecular flexibility index (Phi) is 2.76. The minimum Gasteiger partial charge on any atom is -0.396 e. The summed E-state index contributed by atoms with van der Waals surface area (Å²) in [5, 5.41) is 7.16. The molecule has 1 aromatic heterocycles. The number of aryl methyl sites for hydroxylation is 1. The van der Waals surface area contributed by atoms with Crippen molar-refractivity contribution in [3.05, 3.63) is 42.0 Å². The molecule has 2 aromatic rings. The van der Waals surface area contributed by atoms with Crippen molar-refractivity contribution in [1.29, 1.82) is 0 Å². The quantitative estimate of drug-likeness (QED) is 0.775. The van der Waals surface area contributed by atoms with Crippen molar-refractivity contribution in [3.63, 3.8) is 0 Å². The summed E-state index contributed by atoms with van der Waals surface area (Å²) in [6.45, 7) is 0.545. The van der Waals surface area contributed by atoms with Gasteiger partial charge in [-0.3, -0.25) is 4.68 Å². The van der Waals surface area contributed by atoms with E-state index >= 15 is 0 Å². The van der Waals surface area contributed by atoms with Gasteiger partial charge in [0.25, 0.3) is 0 Å². The molecule has 0 fully saturated rings. The molecule has 0 aliphatic rings. The monoisotopic (exact) mass is 220 g/mol. The minimum absolute atomic E-state index is 0.171. The maximum absolute atomic E-state index is 13.1. The van der Waals surface area contributed by atoms with E-state index in [0.717, 1.165) is 11.3 Å². The second-order valence-corrected chi connectivity index (χ2v) is 3.61. The zero-order chi connectivity index (χ0) is 11.5. The molecule has 0 spiro atoms. The van der Waals surface area contributed by atoms with Crippen molar-refractivity contribution in [2.45, 2.75) is 6.54 Å². The van der Waals surface area contributed by atoms with Crippen LogP contribution in [-0.4, -0.2) is 9.78 Å². The summed E-state index contributed by atoms with van der Waals surface area (Å²) in [6.07, 6.45) is 3.57. The Bertz CT molecular complexity index is 492. The largest absolute Gasteiger partial charge is 0.396 e. The molecule has 0 atom stereocenters.